The highest BCUT2D eigenvalue weighted by Crippen LogP contribution is 2.24. The summed E-state index contributed by atoms with van der Waals surface area (Å²) in [5.74, 6) is -0.756. The van der Waals surface area contributed by atoms with Crippen molar-refractivity contribution in [1.29, 1.82) is 0 Å². The van der Waals surface area contributed by atoms with Crippen LogP contribution in [0.25, 0.3) is 0 Å². The Balaban J connectivity index is 0. The van der Waals surface area contributed by atoms with Gasteiger partial charge in [-0.1, -0.05) is 36.2 Å². The molecule has 1 rings (SSSR count). The number of hydrogen-bond acceptors (Lipinski definition) is 3. The van der Waals surface area contributed by atoms with Gasteiger partial charge in [0.15, 0.2) is 5.96 Å². The predicted octanol–water partition coefficient (Wildman–Crippen LogP) is 2.25. The first-order chi connectivity index (χ1) is 10.3. The Morgan fingerprint density at radius 2 is 1.70 bits per heavy atom. The van der Waals surface area contributed by atoms with Gasteiger partial charge in [0, 0.05) is 10.0 Å². The summed E-state index contributed by atoms with van der Waals surface area (Å²) >= 11 is 11.7. The third-order valence-electron chi connectivity index (χ3n) is 2.09. The van der Waals surface area contributed by atoms with E-state index in [4.69, 9.17) is 34.7 Å². The predicted molar refractivity (Wildman–Crippen MR) is 94.1 cm³/mol. The number of halogens is 3. The first kappa shape index (κ1) is 23.6. The molecular weight excluding hydrogens is 367 g/mol. The highest BCUT2D eigenvalue weighted by Gasteiger charge is 2.09. The van der Waals surface area contributed by atoms with Crippen LogP contribution in [0, 0.1) is 0 Å². The van der Waals surface area contributed by atoms with Crippen molar-refractivity contribution in [2.45, 2.75) is 19.8 Å². The van der Waals surface area contributed by atoms with Crippen molar-refractivity contribution in [3.63, 3.8) is 0 Å². The topological polar surface area (TPSA) is 134 Å². The van der Waals surface area contributed by atoms with Gasteiger partial charge in [-0.15, -0.1) is 12.4 Å². The molecule has 0 heterocycles. The molecule has 0 bridgehead atoms. The van der Waals surface area contributed by atoms with E-state index in [2.05, 4.69) is 15.5 Å². The van der Waals surface area contributed by atoms with E-state index in [0.29, 0.717) is 22.2 Å². The highest BCUT2D eigenvalue weighted by molar-refractivity contribution is 6.36. The molecule has 1 aromatic rings. The number of hydrogen-bond donors (Lipinski definition) is 3. The van der Waals surface area contributed by atoms with E-state index >= 15 is 0 Å². The Kier molecular flexibility index (Phi) is 13.1. The molecule has 2 amide bonds. The fourth-order valence-corrected chi connectivity index (χ4v) is 1.77. The molecule has 0 aliphatic heterocycles. The number of primary amides is 1. The van der Waals surface area contributed by atoms with Crippen molar-refractivity contribution >= 4 is 53.6 Å². The molecule has 0 saturated carbocycles. The maximum absolute atomic E-state index is 11.3. The Hall–Kier alpha value is -1.70. The van der Waals surface area contributed by atoms with Crippen LogP contribution in [-0.2, 0) is 16.0 Å². The number of aliphatic imine (C=N–C) groups is 1. The number of carbonyl (C=O) groups is 2. The van der Waals surface area contributed by atoms with E-state index in [0.717, 1.165) is 6.42 Å². The fraction of sp³-hybridized carbons (Fsp3) is 0.308. The van der Waals surface area contributed by atoms with Gasteiger partial charge in [-0.2, -0.15) is 4.99 Å². The lowest BCUT2D eigenvalue weighted by Gasteiger charge is -2.03. The van der Waals surface area contributed by atoms with Gasteiger partial charge in [0.2, 0.25) is 0 Å². The van der Waals surface area contributed by atoms with Crippen LogP contribution in [-0.4, -0.2) is 24.6 Å². The smallest absolute Gasteiger partial charge is 0.404 e. The van der Waals surface area contributed by atoms with Crippen LogP contribution >= 0.6 is 35.6 Å². The summed E-state index contributed by atoms with van der Waals surface area (Å²) in [6.45, 7) is 2.33. The molecule has 0 aliphatic rings. The van der Waals surface area contributed by atoms with E-state index in [9.17, 15) is 9.59 Å². The second kappa shape index (κ2) is 12.8. The fourth-order valence-electron chi connectivity index (χ4n) is 1.24. The summed E-state index contributed by atoms with van der Waals surface area (Å²) in [5.41, 5.74) is 15.3. The second-order valence-electron chi connectivity index (χ2n) is 3.97. The summed E-state index contributed by atoms with van der Waals surface area (Å²) < 4.78 is 4.33. The largest absolute Gasteiger partial charge is 0.450 e. The zero-order chi connectivity index (χ0) is 17.1. The maximum Gasteiger partial charge on any atom is 0.404 e. The van der Waals surface area contributed by atoms with Gasteiger partial charge in [-0.05, 0) is 24.1 Å². The van der Waals surface area contributed by atoms with Crippen LogP contribution in [0.3, 0.4) is 0 Å². The van der Waals surface area contributed by atoms with Crippen LogP contribution < -0.4 is 17.2 Å². The van der Waals surface area contributed by atoms with Crippen molar-refractivity contribution in [2.24, 2.45) is 22.2 Å². The van der Waals surface area contributed by atoms with Crippen molar-refractivity contribution in [3.05, 3.63) is 33.8 Å². The molecule has 0 unspecified atom stereocenters. The molecule has 0 fully saturated rings. The minimum absolute atomic E-state index is 0. The molecule has 23 heavy (non-hydrogen) atoms. The normalized spacial score (nSPS) is 8.83. The Morgan fingerprint density at radius 3 is 2.04 bits per heavy atom. The van der Waals surface area contributed by atoms with Crippen molar-refractivity contribution < 1.29 is 14.3 Å². The van der Waals surface area contributed by atoms with Gasteiger partial charge in [-0.25, -0.2) is 4.79 Å². The second-order valence-corrected chi connectivity index (χ2v) is 4.79. The molecular formula is C13H19Cl3N4O3. The van der Waals surface area contributed by atoms with Gasteiger partial charge in [0.05, 0.1) is 13.0 Å². The van der Waals surface area contributed by atoms with E-state index < -0.39 is 12.0 Å². The first-order valence-corrected chi connectivity index (χ1v) is 7.01. The summed E-state index contributed by atoms with van der Waals surface area (Å²) in [6.07, 6.45) is 0.112. The molecule has 0 aliphatic carbocycles. The molecule has 0 radical (unpaired) electrons. The van der Waals surface area contributed by atoms with Gasteiger partial charge in [0.25, 0.3) is 5.91 Å². The van der Waals surface area contributed by atoms with Crippen LogP contribution in [0.4, 0.5) is 4.79 Å². The monoisotopic (exact) mass is 384 g/mol. The number of nitrogens with two attached hydrogens (primary N) is 3. The van der Waals surface area contributed by atoms with Gasteiger partial charge >= 0.3 is 6.09 Å². The third kappa shape index (κ3) is 11.5. The van der Waals surface area contributed by atoms with E-state index in [1.165, 1.54) is 0 Å². The van der Waals surface area contributed by atoms with Crippen molar-refractivity contribution in [2.75, 3.05) is 6.61 Å². The molecule has 0 aromatic heterocycles. The Labute approximate surface area is 150 Å². The van der Waals surface area contributed by atoms with E-state index in [1.54, 1.807) is 18.2 Å². The average Bonchev–Trinajstić information content (AvgIpc) is 2.40. The van der Waals surface area contributed by atoms with E-state index in [-0.39, 0.29) is 24.8 Å². The minimum Gasteiger partial charge on any atom is -0.450 e. The lowest BCUT2D eigenvalue weighted by Crippen LogP contribution is -2.24. The SMILES string of the molecule is CCCOC(N)=O.Cl.NC(N)=NC(=O)Cc1c(Cl)cccc1Cl. The van der Waals surface area contributed by atoms with Gasteiger partial charge in [0.1, 0.15) is 0 Å². The Bertz CT molecular complexity index is 529. The number of rotatable bonds is 4. The maximum atomic E-state index is 11.3. The third-order valence-corrected chi connectivity index (χ3v) is 2.80. The number of amides is 2. The zero-order valence-electron chi connectivity index (χ0n) is 12.4. The lowest BCUT2D eigenvalue weighted by molar-refractivity contribution is -0.117. The summed E-state index contributed by atoms with van der Waals surface area (Å²) in [6, 6.07) is 4.98. The van der Waals surface area contributed by atoms with Gasteiger partial charge in [-0.3, -0.25) is 4.79 Å². The minimum atomic E-state index is -0.693. The first-order valence-electron chi connectivity index (χ1n) is 6.25. The van der Waals surface area contributed by atoms with Crippen LogP contribution in [0.15, 0.2) is 23.2 Å². The molecule has 6 N–H and O–H groups in total. The standard InChI is InChI=1S/C9H9Cl2N3O.C4H9NO2.ClH/c10-6-2-1-3-7(11)5(6)4-8(15)14-9(12)13;1-2-3-7-4(5)6;/h1-3H,4H2,(H4,12,13,14,15);2-3H2,1H3,(H2,5,6);1H. The summed E-state index contributed by atoms with van der Waals surface area (Å²) in [4.78, 5) is 24.4. The number of ether oxygens (including phenoxy) is 1. The quantitative estimate of drug-likeness (QED) is 0.540. The summed E-state index contributed by atoms with van der Waals surface area (Å²) in [7, 11) is 0. The zero-order valence-corrected chi connectivity index (χ0v) is 14.7. The number of guanidine groups is 1. The van der Waals surface area contributed by atoms with Crippen molar-refractivity contribution in [1.82, 2.24) is 0 Å². The molecule has 130 valence electrons. The van der Waals surface area contributed by atoms with Gasteiger partial charge < -0.3 is 21.9 Å². The molecule has 7 nitrogen and oxygen atoms in total. The molecule has 1 aromatic carbocycles. The molecule has 0 saturated heterocycles. The summed E-state index contributed by atoms with van der Waals surface area (Å²) in [5, 5.41) is 0.836. The molecule has 0 atom stereocenters. The lowest BCUT2D eigenvalue weighted by atomic mass is 10.1. The van der Waals surface area contributed by atoms with Crippen LogP contribution in [0.1, 0.15) is 18.9 Å². The van der Waals surface area contributed by atoms with E-state index in [1.807, 2.05) is 6.92 Å². The van der Waals surface area contributed by atoms with Crippen LogP contribution in [0.5, 0.6) is 0 Å². The molecule has 0 spiro atoms. The van der Waals surface area contributed by atoms with Crippen LogP contribution in [0.2, 0.25) is 10.0 Å². The highest BCUT2D eigenvalue weighted by atomic mass is 35.5. The Morgan fingerprint density at radius 1 is 1.17 bits per heavy atom. The number of benzene rings is 1. The number of nitrogens with zero attached hydrogens (tertiary/aromatic N) is 1. The number of carbonyl (C=O) groups excluding carboxylic acids is 2. The molecule has 10 heteroatoms. The average molecular weight is 386 g/mol. The van der Waals surface area contributed by atoms with Crippen molar-refractivity contribution in [3.8, 4) is 0 Å².